The van der Waals surface area contributed by atoms with Crippen LogP contribution in [0.4, 0.5) is 4.79 Å². The monoisotopic (exact) mass is 351 g/mol. The summed E-state index contributed by atoms with van der Waals surface area (Å²) in [5, 5.41) is 11.3. The molecular formula is C14H26NO7P. The molecule has 0 spiro atoms. The lowest BCUT2D eigenvalue weighted by atomic mass is 10.2. The van der Waals surface area contributed by atoms with Crippen LogP contribution in [0.2, 0.25) is 0 Å². The van der Waals surface area contributed by atoms with Crippen molar-refractivity contribution in [3.05, 3.63) is 12.2 Å². The summed E-state index contributed by atoms with van der Waals surface area (Å²) in [5.41, 5.74) is -0.740. The van der Waals surface area contributed by atoms with Crippen molar-refractivity contribution in [1.29, 1.82) is 0 Å². The van der Waals surface area contributed by atoms with Gasteiger partial charge in [-0.05, 0) is 34.6 Å². The van der Waals surface area contributed by atoms with Gasteiger partial charge in [-0.1, -0.05) is 12.2 Å². The molecular weight excluding hydrogens is 325 g/mol. The first-order valence-electron chi connectivity index (χ1n) is 7.30. The third-order valence-corrected chi connectivity index (χ3v) is 4.21. The zero-order valence-corrected chi connectivity index (χ0v) is 15.1. The van der Waals surface area contributed by atoms with Gasteiger partial charge in [-0.15, -0.1) is 0 Å². The second kappa shape index (κ2) is 9.70. The Morgan fingerprint density at radius 3 is 2.13 bits per heavy atom. The molecule has 0 aromatic heterocycles. The van der Waals surface area contributed by atoms with Crippen LogP contribution < -0.4 is 5.32 Å². The van der Waals surface area contributed by atoms with E-state index in [2.05, 4.69) is 5.32 Å². The summed E-state index contributed by atoms with van der Waals surface area (Å²) in [6.07, 6.45) is 1.61. The van der Waals surface area contributed by atoms with Crippen LogP contribution >= 0.6 is 7.60 Å². The third kappa shape index (κ3) is 10.1. The minimum atomic E-state index is -3.30. The molecule has 1 unspecified atom stereocenters. The second-order valence-electron chi connectivity index (χ2n) is 5.52. The minimum Gasteiger partial charge on any atom is -0.479 e. The van der Waals surface area contributed by atoms with Gasteiger partial charge in [0.2, 0.25) is 0 Å². The van der Waals surface area contributed by atoms with Crippen molar-refractivity contribution in [2.24, 2.45) is 0 Å². The van der Waals surface area contributed by atoms with Crippen LogP contribution in [0.5, 0.6) is 0 Å². The number of allylic oxidation sites excluding steroid dienone is 1. The average molecular weight is 351 g/mol. The van der Waals surface area contributed by atoms with E-state index in [-0.39, 0.29) is 19.4 Å². The molecule has 0 aromatic rings. The first kappa shape index (κ1) is 21.6. The van der Waals surface area contributed by atoms with Gasteiger partial charge in [0.15, 0.2) is 0 Å². The Bertz CT molecular complexity index is 460. The van der Waals surface area contributed by atoms with Gasteiger partial charge in [-0.3, -0.25) is 4.57 Å². The van der Waals surface area contributed by atoms with Crippen molar-refractivity contribution in [2.45, 2.75) is 46.3 Å². The summed E-state index contributed by atoms with van der Waals surface area (Å²) in [4.78, 5) is 22.8. The summed E-state index contributed by atoms with van der Waals surface area (Å²) in [6.45, 7) is 8.78. The minimum absolute atomic E-state index is 0.0888. The Hall–Kier alpha value is -1.37. The number of amides is 1. The molecule has 0 aliphatic carbocycles. The van der Waals surface area contributed by atoms with Crippen LogP contribution in [0.15, 0.2) is 12.2 Å². The SMILES string of the molecule is CCOP(=O)(C/C=C/C(NC(=O)OC(C)(C)C)C(=O)O)OCC. The van der Waals surface area contributed by atoms with Crippen LogP contribution in [0.25, 0.3) is 0 Å². The number of carboxylic acid groups (broad SMARTS) is 1. The molecule has 0 heterocycles. The summed E-state index contributed by atoms with van der Waals surface area (Å²) in [7, 11) is -3.30. The van der Waals surface area contributed by atoms with Crippen LogP contribution in [0.3, 0.4) is 0 Å². The number of rotatable bonds is 9. The first-order chi connectivity index (χ1) is 10.5. The predicted molar refractivity (Wildman–Crippen MR) is 85.7 cm³/mol. The maximum atomic E-state index is 12.2. The Balaban J connectivity index is 4.78. The fourth-order valence-electron chi connectivity index (χ4n) is 1.49. The van der Waals surface area contributed by atoms with E-state index >= 15 is 0 Å². The number of nitrogens with one attached hydrogen (secondary N) is 1. The number of ether oxygens (including phenoxy) is 1. The number of hydrogen-bond donors (Lipinski definition) is 2. The Kier molecular flexibility index (Phi) is 9.12. The molecule has 0 aromatic carbocycles. The van der Waals surface area contributed by atoms with Gasteiger partial charge < -0.3 is 24.2 Å². The van der Waals surface area contributed by atoms with Crippen LogP contribution in [-0.2, 0) is 23.1 Å². The average Bonchev–Trinajstić information content (AvgIpc) is 2.35. The number of hydrogen-bond acceptors (Lipinski definition) is 6. The highest BCUT2D eigenvalue weighted by atomic mass is 31.2. The Morgan fingerprint density at radius 1 is 1.22 bits per heavy atom. The molecule has 9 heteroatoms. The van der Waals surface area contributed by atoms with Crippen molar-refractivity contribution in [2.75, 3.05) is 19.4 Å². The zero-order valence-electron chi connectivity index (χ0n) is 14.2. The van der Waals surface area contributed by atoms with Crippen LogP contribution in [0, 0.1) is 0 Å². The van der Waals surface area contributed by atoms with E-state index in [0.29, 0.717) is 0 Å². The van der Waals surface area contributed by atoms with Gasteiger partial charge in [-0.2, -0.15) is 0 Å². The number of carbonyl (C=O) groups excluding carboxylic acids is 1. The topological polar surface area (TPSA) is 111 Å². The standard InChI is InChI=1S/C14H26NO7P/c1-6-20-23(19,21-7-2)10-8-9-11(12(16)17)15-13(18)22-14(3,4)5/h8-9,11H,6-7,10H2,1-5H3,(H,15,18)(H,16,17)/b9-8+. The molecule has 0 bridgehead atoms. The number of aliphatic carboxylic acids is 1. The molecule has 1 amide bonds. The Morgan fingerprint density at radius 2 is 1.74 bits per heavy atom. The molecule has 0 rings (SSSR count). The first-order valence-corrected chi connectivity index (χ1v) is 9.03. The summed E-state index contributed by atoms with van der Waals surface area (Å²) >= 11 is 0. The second-order valence-corrected chi connectivity index (χ2v) is 7.62. The van der Waals surface area contributed by atoms with Gasteiger partial charge in [0, 0.05) is 0 Å². The highest BCUT2D eigenvalue weighted by Gasteiger charge is 2.24. The molecule has 0 aliphatic rings. The van der Waals surface area contributed by atoms with Gasteiger partial charge >= 0.3 is 19.7 Å². The summed E-state index contributed by atoms with van der Waals surface area (Å²) < 4.78 is 27.4. The van der Waals surface area contributed by atoms with Crippen LogP contribution in [-0.4, -0.2) is 48.2 Å². The molecule has 0 saturated heterocycles. The predicted octanol–water partition coefficient (Wildman–Crippen LogP) is 2.79. The van der Waals surface area contributed by atoms with E-state index < -0.39 is 31.3 Å². The van der Waals surface area contributed by atoms with Crippen molar-refractivity contribution in [1.82, 2.24) is 5.32 Å². The van der Waals surface area contributed by atoms with Gasteiger partial charge in [0.25, 0.3) is 0 Å². The number of carbonyl (C=O) groups is 2. The third-order valence-electron chi connectivity index (χ3n) is 2.25. The van der Waals surface area contributed by atoms with E-state index in [1.54, 1.807) is 34.6 Å². The molecule has 2 N–H and O–H groups in total. The molecule has 0 aliphatic heterocycles. The van der Waals surface area contributed by atoms with Crippen molar-refractivity contribution in [3.63, 3.8) is 0 Å². The normalized spacial score (nSPS) is 13.8. The molecule has 0 fully saturated rings. The van der Waals surface area contributed by atoms with E-state index in [0.717, 1.165) is 0 Å². The van der Waals surface area contributed by atoms with E-state index in [1.807, 2.05) is 0 Å². The zero-order chi connectivity index (χ0) is 18.1. The highest BCUT2D eigenvalue weighted by molar-refractivity contribution is 7.54. The largest absolute Gasteiger partial charge is 0.479 e. The van der Waals surface area contributed by atoms with Crippen molar-refractivity contribution < 1.29 is 33.0 Å². The lowest BCUT2D eigenvalue weighted by Crippen LogP contribution is -2.42. The van der Waals surface area contributed by atoms with Crippen LogP contribution in [0.1, 0.15) is 34.6 Å². The van der Waals surface area contributed by atoms with E-state index in [4.69, 9.17) is 18.9 Å². The van der Waals surface area contributed by atoms with E-state index in [1.165, 1.54) is 12.2 Å². The molecule has 0 radical (unpaired) electrons. The van der Waals surface area contributed by atoms with Crippen molar-refractivity contribution >= 4 is 19.7 Å². The summed E-state index contributed by atoms with van der Waals surface area (Å²) in [5.74, 6) is -1.27. The quantitative estimate of drug-likeness (QED) is 0.485. The summed E-state index contributed by atoms with van der Waals surface area (Å²) in [6, 6.07) is -1.30. The Labute approximate surface area is 136 Å². The molecule has 134 valence electrons. The maximum absolute atomic E-state index is 12.2. The molecule has 1 atom stereocenters. The molecule has 23 heavy (non-hydrogen) atoms. The number of carboxylic acids is 1. The smallest absolute Gasteiger partial charge is 0.408 e. The maximum Gasteiger partial charge on any atom is 0.408 e. The van der Waals surface area contributed by atoms with Gasteiger partial charge in [0.1, 0.15) is 11.6 Å². The lowest BCUT2D eigenvalue weighted by Gasteiger charge is -2.21. The van der Waals surface area contributed by atoms with Gasteiger partial charge in [0.05, 0.1) is 19.4 Å². The molecule has 0 saturated carbocycles. The van der Waals surface area contributed by atoms with E-state index in [9.17, 15) is 14.2 Å². The number of alkyl carbamates (subject to hydrolysis) is 1. The van der Waals surface area contributed by atoms with Gasteiger partial charge in [-0.25, -0.2) is 9.59 Å². The fourth-order valence-corrected chi connectivity index (χ4v) is 2.94. The fraction of sp³-hybridized carbons (Fsp3) is 0.714. The highest BCUT2D eigenvalue weighted by Crippen LogP contribution is 2.47. The van der Waals surface area contributed by atoms with Crippen molar-refractivity contribution in [3.8, 4) is 0 Å². The molecule has 8 nitrogen and oxygen atoms in total. The lowest BCUT2D eigenvalue weighted by molar-refractivity contribution is -0.138.